The van der Waals surface area contributed by atoms with Crippen molar-refractivity contribution in [3.05, 3.63) is 52.7 Å². The van der Waals surface area contributed by atoms with E-state index in [1.165, 1.54) is 16.9 Å². The molecule has 2 aliphatic rings. The second-order valence-electron chi connectivity index (χ2n) is 8.57. The Bertz CT molecular complexity index is 1570. The van der Waals surface area contributed by atoms with Crippen molar-refractivity contribution < 1.29 is 17.9 Å². The first-order valence-corrected chi connectivity index (χ1v) is 13.5. The highest BCUT2D eigenvalue weighted by Gasteiger charge is 2.37. The number of rotatable bonds is 4. The molecule has 0 saturated heterocycles. The lowest BCUT2D eigenvalue weighted by molar-refractivity contribution is -0.143. The molecule has 34 heavy (non-hydrogen) atoms. The molecule has 0 saturated carbocycles. The smallest absolute Gasteiger partial charge is 0.327 e. The molecule has 2 aromatic carbocycles. The van der Waals surface area contributed by atoms with Crippen LogP contribution in [-0.2, 0) is 39.0 Å². The minimum Gasteiger partial charge on any atom is -0.456 e. The number of hydrogen-bond donors (Lipinski definition) is 1. The van der Waals surface area contributed by atoms with E-state index in [0.717, 1.165) is 45.6 Å². The fourth-order valence-electron chi connectivity index (χ4n) is 4.91. The van der Waals surface area contributed by atoms with Gasteiger partial charge in [-0.3, -0.25) is 9.10 Å². The van der Waals surface area contributed by atoms with Crippen LogP contribution in [0.4, 0.5) is 11.5 Å². The number of benzene rings is 2. The summed E-state index contributed by atoms with van der Waals surface area (Å²) in [6, 6.07) is 10.4. The zero-order chi connectivity index (χ0) is 23.4. The molecule has 8 nitrogen and oxygen atoms in total. The number of esters is 1. The van der Waals surface area contributed by atoms with Crippen molar-refractivity contribution in [3.8, 4) is 0 Å². The summed E-state index contributed by atoms with van der Waals surface area (Å²) >= 11 is 1.63. The number of ether oxygens (including phenoxy) is 1. The van der Waals surface area contributed by atoms with Crippen molar-refractivity contribution in [2.45, 2.75) is 43.6 Å². The molecule has 2 N–H and O–H groups in total. The Morgan fingerprint density at radius 3 is 2.71 bits per heavy atom. The number of aromatic nitrogens is 2. The van der Waals surface area contributed by atoms with Crippen LogP contribution in [0.5, 0.6) is 0 Å². The molecule has 2 aromatic heterocycles. The number of thiophene rings is 1. The fraction of sp³-hybridized carbons (Fsp3) is 0.292. The average Bonchev–Trinajstić information content (AvgIpc) is 3.15. The lowest BCUT2D eigenvalue weighted by atomic mass is 10.1. The molecule has 174 valence electrons. The molecule has 0 fully saturated rings. The summed E-state index contributed by atoms with van der Waals surface area (Å²) in [6.45, 7) is -0.603. The van der Waals surface area contributed by atoms with Gasteiger partial charge < -0.3 is 10.5 Å². The van der Waals surface area contributed by atoms with Gasteiger partial charge in [-0.1, -0.05) is 30.7 Å². The van der Waals surface area contributed by atoms with Gasteiger partial charge in [-0.15, -0.1) is 11.3 Å². The summed E-state index contributed by atoms with van der Waals surface area (Å²) in [4.78, 5) is 24.0. The standard InChI is InChI=1S/C24H22N4O4S2/c25-23-22-15-8-2-1-3-10-17(15)33-24(22)27-19(26-23)13-32-20(29)12-28-16-9-4-6-14-7-5-11-18(21(14)16)34(28,30)31/h4-7,9,11H,1-3,8,10,12-13H2,(H2,25,26,27). The van der Waals surface area contributed by atoms with Crippen LogP contribution in [0.15, 0.2) is 41.3 Å². The predicted molar refractivity (Wildman–Crippen MR) is 131 cm³/mol. The van der Waals surface area contributed by atoms with E-state index < -0.39 is 22.5 Å². The number of nitrogen functional groups attached to an aromatic ring is 1. The van der Waals surface area contributed by atoms with Crippen LogP contribution in [0.3, 0.4) is 0 Å². The maximum Gasteiger partial charge on any atom is 0.327 e. The van der Waals surface area contributed by atoms with Gasteiger partial charge in [0.1, 0.15) is 17.2 Å². The third-order valence-corrected chi connectivity index (χ3v) is 9.44. The number of anilines is 2. The topological polar surface area (TPSA) is 115 Å². The van der Waals surface area contributed by atoms with Crippen molar-refractivity contribution in [2.24, 2.45) is 0 Å². The zero-order valence-electron chi connectivity index (χ0n) is 18.3. The maximum absolute atomic E-state index is 13.1. The molecule has 0 atom stereocenters. The molecule has 0 unspecified atom stereocenters. The fourth-order valence-corrected chi connectivity index (χ4v) is 7.85. The third kappa shape index (κ3) is 3.32. The van der Waals surface area contributed by atoms with Crippen molar-refractivity contribution in [1.82, 2.24) is 9.97 Å². The summed E-state index contributed by atoms with van der Waals surface area (Å²) < 4.78 is 32.6. The van der Waals surface area contributed by atoms with Crippen LogP contribution in [0, 0.1) is 0 Å². The molecule has 10 heteroatoms. The molecule has 1 aliphatic carbocycles. The summed E-state index contributed by atoms with van der Waals surface area (Å²) in [6.07, 6.45) is 5.52. The van der Waals surface area contributed by atoms with E-state index >= 15 is 0 Å². The van der Waals surface area contributed by atoms with E-state index in [1.807, 2.05) is 12.1 Å². The Kier molecular flexibility index (Phi) is 4.96. The van der Waals surface area contributed by atoms with Gasteiger partial charge in [0.05, 0.1) is 16.0 Å². The van der Waals surface area contributed by atoms with E-state index in [0.29, 0.717) is 22.7 Å². The summed E-state index contributed by atoms with van der Waals surface area (Å²) in [5.41, 5.74) is 8.00. The molecule has 3 heterocycles. The summed E-state index contributed by atoms with van der Waals surface area (Å²) in [5, 5.41) is 2.35. The number of nitrogens with zero attached hydrogens (tertiary/aromatic N) is 3. The zero-order valence-corrected chi connectivity index (χ0v) is 19.9. The first-order chi connectivity index (χ1) is 16.4. The lowest BCUT2D eigenvalue weighted by Gasteiger charge is -2.17. The highest BCUT2D eigenvalue weighted by Crippen LogP contribution is 2.42. The molecular formula is C24H22N4O4S2. The molecule has 6 rings (SSSR count). The normalized spacial score (nSPS) is 16.5. The predicted octanol–water partition coefficient (Wildman–Crippen LogP) is 3.95. The third-order valence-electron chi connectivity index (χ3n) is 6.46. The summed E-state index contributed by atoms with van der Waals surface area (Å²) in [5.74, 6) is 0.0294. The van der Waals surface area contributed by atoms with Gasteiger partial charge in [0, 0.05) is 10.3 Å². The Hall–Kier alpha value is -3.24. The van der Waals surface area contributed by atoms with Crippen LogP contribution in [0.25, 0.3) is 21.0 Å². The van der Waals surface area contributed by atoms with Gasteiger partial charge in [0.15, 0.2) is 12.4 Å². The molecule has 0 bridgehead atoms. The molecule has 4 aromatic rings. The molecule has 0 amide bonds. The first kappa shape index (κ1) is 21.3. The van der Waals surface area contributed by atoms with E-state index in [1.54, 1.807) is 35.6 Å². The number of carbonyl (C=O) groups is 1. The molecule has 0 spiro atoms. The van der Waals surface area contributed by atoms with Gasteiger partial charge in [-0.25, -0.2) is 18.4 Å². The Balaban J connectivity index is 1.22. The highest BCUT2D eigenvalue weighted by molar-refractivity contribution is 7.93. The van der Waals surface area contributed by atoms with Gasteiger partial charge in [-0.05, 0) is 48.8 Å². The highest BCUT2D eigenvalue weighted by atomic mass is 32.2. The number of hydrogen-bond acceptors (Lipinski definition) is 8. The van der Waals surface area contributed by atoms with Crippen LogP contribution < -0.4 is 10.0 Å². The minimum absolute atomic E-state index is 0.174. The Labute approximate surface area is 200 Å². The second-order valence-corrected chi connectivity index (χ2v) is 11.5. The monoisotopic (exact) mass is 494 g/mol. The van der Waals surface area contributed by atoms with Gasteiger partial charge in [0.25, 0.3) is 10.0 Å². The van der Waals surface area contributed by atoms with Gasteiger partial charge >= 0.3 is 5.97 Å². The average molecular weight is 495 g/mol. The van der Waals surface area contributed by atoms with Gasteiger partial charge in [-0.2, -0.15) is 0 Å². The van der Waals surface area contributed by atoms with Crippen molar-refractivity contribution in [2.75, 3.05) is 16.6 Å². The van der Waals surface area contributed by atoms with E-state index in [9.17, 15) is 13.2 Å². The maximum atomic E-state index is 13.1. The van der Waals surface area contributed by atoms with Crippen molar-refractivity contribution in [1.29, 1.82) is 0 Å². The van der Waals surface area contributed by atoms with Gasteiger partial charge in [0.2, 0.25) is 0 Å². The van der Waals surface area contributed by atoms with Crippen LogP contribution in [0.1, 0.15) is 35.5 Å². The molecular weight excluding hydrogens is 472 g/mol. The van der Waals surface area contributed by atoms with E-state index in [4.69, 9.17) is 10.5 Å². The van der Waals surface area contributed by atoms with E-state index in [2.05, 4.69) is 9.97 Å². The van der Waals surface area contributed by atoms with Crippen LogP contribution in [-0.4, -0.2) is 30.9 Å². The first-order valence-electron chi connectivity index (χ1n) is 11.2. The Morgan fingerprint density at radius 1 is 1.06 bits per heavy atom. The largest absolute Gasteiger partial charge is 0.456 e. The van der Waals surface area contributed by atoms with E-state index in [-0.39, 0.29) is 11.5 Å². The minimum atomic E-state index is -3.83. The van der Waals surface area contributed by atoms with Crippen LogP contribution >= 0.6 is 11.3 Å². The lowest BCUT2D eigenvalue weighted by Crippen LogP contribution is -2.33. The van der Waals surface area contributed by atoms with Crippen molar-refractivity contribution in [3.63, 3.8) is 0 Å². The number of aryl methyl sites for hydroxylation is 2. The number of sulfonamides is 1. The SMILES string of the molecule is Nc1nc(COC(=O)CN2c3cccc4cccc(c34)S2(=O)=O)nc2sc3c(c12)CCCCC3. The number of carbonyl (C=O) groups excluding carboxylic acids is 1. The molecule has 1 aliphatic heterocycles. The Morgan fingerprint density at radius 2 is 1.85 bits per heavy atom. The number of nitrogens with two attached hydrogens (primary N) is 1. The van der Waals surface area contributed by atoms with Crippen LogP contribution in [0.2, 0.25) is 0 Å². The summed E-state index contributed by atoms with van der Waals surface area (Å²) in [7, 11) is -3.83. The quantitative estimate of drug-likeness (QED) is 0.337. The second kappa shape index (κ2) is 7.92. The van der Waals surface area contributed by atoms with Crippen molar-refractivity contribution >= 4 is 59.8 Å². The number of fused-ring (bicyclic) bond motifs is 3. The molecule has 0 radical (unpaired) electrons.